The van der Waals surface area contributed by atoms with Gasteiger partial charge in [-0.2, -0.15) is 0 Å². The second kappa shape index (κ2) is 6.79. The van der Waals surface area contributed by atoms with Crippen LogP contribution in [0.3, 0.4) is 0 Å². The first-order valence-electron chi connectivity index (χ1n) is 9.87. The molecule has 6 heteroatoms. The molecule has 28 heavy (non-hydrogen) atoms. The van der Waals surface area contributed by atoms with Gasteiger partial charge in [0.05, 0.1) is 13.2 Å². The predicted octanol–water partition coefficient (Wildman–Crippen LogP) is 2.49. The number of ether oxygens (including phenoxy) is 1. The minimum absolute atomic E-state index is 0.105. The van der Waals surface area contributed by atoms with Crippen molar-refractivity contribution in [3.05, 3.63) is 64.2 Å². The average molecular weight is 379 g/mol. The fourth-order valence-electron chi connectivity index (χ4n) is 5.01. The molecule has 1 fully saturated rings. The molecule has 0 amide bonds. The second-order valence-electron chi connectivity index (χ2n) is 8.09. The largest absolute Gasteiger partial charge is 0.497 e. The zero-order valence-electron chi connectivity index (χ0n) is 16.0. The van der Waals surface area contributed by atoms with Crippen LogP contribution in [0.25, 0.3) is 10.9 Å². The van der Waals surface area contributed by atoms with Crippen molar-refractivity contribution in [1.29, 1.82) is 0 Å². The van der Waals surface area contributed by atoms with Crippen LogP contribution in [0.4, 0.5) is 0 Å². The summed E-state index contributed by atoms with van der Waals surface area (Å²) in [5, 5.41) is 12.0. The van der Waals surface area contributed by atoms with E-state index in [0.717, 1.165) is 54.0 Å². The normalized spacial score (nSPS) is 22.8. The van der Waals surface area contributed by atoms with Gasteiger partial charge in [-0.25, -0.2) is 0 Å². The van der Waals surface area contributed by atoms with Crippen LogP contribution in [0.2, 0.25) is 0 Å². The van der Waals surface area contributed by atoms with Gasteiger partial charge in [0.15, 0.2) is 0 Å². The monoisotopic (exact) mass is 379 g/mol. The number of pyridine rings is 1. The number of hydrogen-bond acceptors (Lipinski definition) is 4. The number of nitrogens with zero attached hydrogens (tertiary/aromatic N) is 2. The molecule has 2 aliphatic rings. The van der Waals surface area contributed by atoms with Crippen LogP contribution in [-0.4, -0.2) is 46.3 Å². The lowest BCUT2D eigenvalue weighted by Crippen LogP contribution is -2.48. The number of aliphatic hydroxyl groups excluding tert-OH is 1. The molecule has 2 bridgehead atoms. The molecule has 146 valence electrons. The molecule has 3 atom stereocenters. The molecule has 4 heterocycles. The van der Waals surface area contributed by atoms with Crippen molar-refractivity contribution in [2.45, 2.75) is 25.0 Å². The first-order chi connectivity index (χ1) is 13.6. The van der Waals surface area contributed by atoms with Crippen molar-refractivity contribution in [2.24, 2.45) is 5.92 Å². The molecule has 1 aromatic carbocycles. The molecule has 2 N–H and O–H groups in total. The van der Waals surface area contributed by atoms with E-state index in [4.69, 9.17) is 4.74 Å². The van der Waals surface area contributed by atoms with Crippen LogP contribution in [0, 0.1) is 5.92 Å². The van der Waals surface area contributed by atoms with Gasteiger partial charge in [-0.15, -0.1) is 0 Å². The summed E-state index contributed by atoms with van der Waals surface area (Å²) >= 11 is 0. The number of likely N-dealkylation sites (tertiary alicyclic amines) is 1. The topological polar surface area (TPSA) is 70.5 Å². The number of nitrogens with one attached hydrogen (secondary N) is 1. The highest BCUT2D eigenvalue weighted by Gasteiger charge is 2.35. The lowest BCUT2D eigenvalue weighted by atomic mass is 9.83. The fourth-order valence-corrected chi connectivity index (χ4v) is 5.01. The number of hydrogen-bond donors (Lipinski definition) is 2. The van der Waals surface area contributed by atoms with Crippen LogP contribution in [0.5, 0.6) is 5.75 Å². The molecule has 2 aromatic heterocycles. The predicted molar refractivity (Wildman–Crippen MR) is 108 cm³/mol. The van der Waals surface area contributed by atoms with Crippen molar-refractivity contribution in [3.8, 4) is 5.75 Å². The Morgan fingerprint density at radius 3 is 3.00 bits per heavy atom. The number of aromatic amines is 1. The van der Waals surface area contributed by atoms with Crippen LogP contribution >= 0.6 is 0 Å². The number of piperidine rings is 1. The Kier molecular flexibility index (Phi) is 4.25. The van der Waals surface area contributed by atoms with Crippen molar-refractivity contribution >= 4 is 10.9 Å². The van der Waals surface area contributed by atoms with Crippen LogP contribution < -0.4 is 10.3 Å². The van der Waals surface area contributed by atoms with E-state index in [1.165, 1.54) is 0 Å². The van der Waals surface area contributed by atoms with E-state index in [0.29, 0.717) is 18.4 Å². The number of aliphatic hydroxyl groups is 1. The molecule has 0 aliphatic carbocycles. The molecule has 2 aliphatic heterocycles. The smallest absolute Gasteiger partial charge is 0.250 e. The Balaban J connectivity index is 1.37. The highest BCUT2D eigenvalue weighted by atomic mass is 16.5. The van der Waals surface area contributed by atoms with Crippen molar-refractivity contribution in [3.63, 3.8) is 0 Å². The molecule has 0 spiro atoms. The number of fused-ring (bicyclic) bond motifs is 5. The van der Waals surface area contributed by atoms with Crippen molar-refractivity contribution in [1.82, 2.24) is 14.5 Å². The molecule has 6 nitrogen and oxygen atoms in total. The summed E-state index contributed by atoms with van der Waals surface area (Å²) in [7, 11) is 1.65. The quantitative estimate of drug-likeness (QED) is 0.731. The van der Waals surface area contributed by atoms with Crippen molar-refractivity contribution < 1.29 is 9.84 Å². The fraction of sp³-hybridized carbons (Fsp3) is 0.409. The van der Waals surface area contributed by atoms with E-state index < -0.39 is 6.10 Å². The van der Waals surface area contributed by atoms with Crippen LogP contribution in [0.1, 0.15) is 29.7 Å². The first-order valence-corrected chi connectivity index (χ1v) is 9.87. The van der Waals surface area contributed by atoms with Crippen molar-refractivity contribution in [2.75, 3.05) is 26.7 Å². The molecule has 3 aromatic rings. The summed E-state index contributed by atoms with van der Waals surface area (Å²) in [6.07, 6.45) is 2.45. The van der Waals surface area contributed by atoms with Gasteiger partial charge in [-0.1, -0.05) is 6.07 Å². The molecule has 5 rings (SSSR count). The second-order valence-corrected chi connectivity index (χ2v) is 8.09. The SMILES string of the molecule is COc1ccc2[nH]cc(C(O)CN3C[C@@H]4C[C@H](C3)c3cccc(=O)n3C4)c2c1. The maximum Gasteiger partial charge on any atom is 0.250 e. The number of β-amino-alcohol motifs (C(OH)–C–C–N with tert-alkyl or cyclic N) is 1. The summed E-state index contributed by atoms with van der Waals surface area (Å²) in [4.78, 5) is 17.8. The zero-order valence-corrected chi connectivity index (χ0v) is 16.0. The van der Waals surface area contributed by atoms with Gasteiger partial charge in [0.25, 0.3) is 5.56 Å². The van der Waals surface area contributed by atoms with Gasteiger partial charge >= 0.3 is 0 Å². The Bertz CT molecular complexity index is 1070. The highest BCUT2D eigenvalue weighted by Crippen LogP contribution is 2.36. The third-order valence-electron chi connectivity index (χ3n) is 6.27. The Morgan fingerprint density at radius 1 is 1.25 bits per heavy atom. The third kappa shape index (κ3) is 2.93. The van der Waals surface area contributed by atoms with E-state index in [1.54, 1.807) is 13.2 Å². The van der Waals surface area contributed by atoms with E-state index >= 15 is 0 Å². The standard InChI is InChI=1S/C22H25N3O3/c1-28-16-5-6-19-17(8-16)18(9-23-19)21(26)13-24-10-14-7-15(12-24)20-3-2-4-22(27)25(20)11-14/h2-6,8-9,14-15,21,23,26H,7,10-13H2,1H3/t14-,15+,21?/m0/s1. The van der Waals surface area contributed by atoms with Gasteiger partial charge in [0.1, 0.15) is 5.75 Å². The average Bonchev–Trinajstić information content (AvgIpc) is 3.12. The van der Waals surface area contributed by atoms with Gasteiger partial charge in [-0.05, 0) is 36.6 Å². The van der Waals surface area contributed by atoms with Gasteiger partial charge in [0.2, 0.25) is 0 Å². The van der Waals surface area contributed by atoms with Gasteiger partial charge in [-0.3, -0.25) is 9.69 Å². The molecule has 1 saturated heterocycles. The third-order valence-corrected chi connectivity index (χ3v) is 6.27. The van der Waals surface area contributed by atoms with E-state index in [-0.39, 0.29) is 5.56 Å². The summed E-state index contributed by atoms with van der Waals surface area (Å²) in [5.41, 5.74) is 3.15. The van der Waals surface area contributed by atoms with Crippen LogP contribution in [0.15, 0.2) is 47.4 Å². The molecule has 0 saturated carbocycles. The maximum absolute atomic E-state index is 12.2. The Morgan fingerprint density at radius 2 is 2.14 bits per heavy atom. The Hall–Kier alpha value is -2.57. The molecular weight excluding hydrogens is 354 g/mol. The maximum atomic E-state index is 12.2. The van der Waals surface area contributed by atoms with Gasteiger partial charge < -0.3 is 19.4 Å². The van der Waals surface area contributed by atoms with Crippen LogP contribution in [-0.2, 0) is 6.54 Å². The van der Waals surface area contributed by atoms with E-state index in [9.17, 15) is 9.90 Å². The number of methoxy groups -OCH3 is 1. The minimum Gasteiger partial charge on any atom is -0.497 e. The number of aromatic nitrogens is 2. The highest BCUT2D eigenvalue weighted by molar-refractivity contribution is 5.85. The summed E-state index contributed by atoms with van der Waals surface area (Å²) < 4.78 is 7.28. The zero-order chi connectivity index (χ0) is 19.3. The number of H-pyrrole nitrogens is 1. The van der Waals surface area contributed by atoms with E-state index in [1.807, 2.05) is 35.0 Å². The Labute approximate surface area is 163 Å². The lowest BCUT2D eigenvalue weighted by molar-refractivity contribution is 0.0627. The number of benzene rings is 1. The van der Waals surface area contributed by atoms with E-state index in [2.05, 4.69) is 16.0 Å². The minimum atomic E-state index is -0.572. The summed E-state index contributed by atoms with van der Waals surface area (Å²) in [5.74, 6) is 1.60. The molecule has 1 unspecified atom stereocenters. The van der Waals surface area contributed by atoms with Gasteiger partial charge in [0, 0.05) is 66.5 Å². The molecular formula is C22H25N3O3. The molecule has 0 radical (unpaired) electrons. The first kappa shape index (κ1) is 17.5. The summed E-state index contributed by atoms with van der Waals surface area (Å²) in [6, 6.07) is 11.5. The summed E-state index contributed by atoms with van der Waals surface area (Å²) in [6.45, 7) is 3.17. The number of rotatable bonds is 4. The lowest BCUT2D eigenvalue weighted by Gasteiger charge is -2.43.